The summed E-state index contributed by atoms with van der Waals surface area (Å²) in [6.07, 6.45) is 0.394. The van der Waals surface area contributed by atoms with E-state index in [4.69, 9.17) is 0 Å². The van der Waals surface area contributed by atoms with E-state index in [0.717, 1.165) is 15.7 Å². The fraction of sp³-hybridized carbons (Fsp3) is 0.208. The van der Waals surface area contributed by atoms with Crippen molar-refractivity contribution in [1.29, 1.82) is 0 Å². The Hall–Kier alpha value is -3.47. The number of imide groups is 1. The molecule has 1 atom stereocenters. The Morgan fingerprint density at radius 2 is 1.45 bits per heavy atom. The fourth-order valence-electron chi connectivity index (χ4n) is 3.76. The molecular weight excluding hydrogens is 364 g/mol. The van der Waals surface area contributed by atoms with Gasteiger partial charge in [0, 0.05) is 5.69 Å². The molecule has 0 spiro atoms. The van der Waals surface area contributed by atoms with E-state index in [1.165, 1.54) is 0 Å². The van der Waals surface area contributed by atoms with Gasteiger partial charge < -0.3 is 5.32 Å². The van der Waals surface area contributed by atoms with E-state index >= 15 is 0 Å². The SMILES string of the molecule is CC(C)C[C@H](C(=O)Nc1ccc2ccccc2c1)N1C(=O)c2ccccc2C1=O. The van der Waals surface area contributed by atoms with E-state index in [1.54, 1.807) is 24.3 Å². The standard InChI is InChI=1S/C24H22N2O3/c1-15(2)13-21(26-23(28)19-9-5-6-10-20(19)24(26)29)22(27)25-18-12-11-16-7-3-4-8-17(16)14-18/h3-12,14-15,21H,13H2,1-2H3,(H,25,27)/t21-/m1/s1. The van der Waals surface area contributed by atoms with Crippen molar-refractivity contribution < 1.29 is 14.4 Å². The number of carbonyl (C=O) groups excluding carboxylic acids is 3. The summed E-state index contributed by atoms with van der Waals surface area (Å²) in [6, 6.07) is 19.4. The van der Waals surface area contributed by atoms with Crippen molar-refractivity contribution in [2.45, 2.75) is 26.3 Å². The zero-order chi connectivity index (χ0) is 20.5. The second-order valence-corrected chi connectivity index (χ2v) is 7.72. The van der Waals surface area contributed by atoms with Crippen LogP contribution in [0.25, 0.3) is 10.8 Å². The third-order valence-corrected chi connectivity index (χ3v) is 5.15. The molecule has 0 saturated carbocycles. The zero-order valence-corrected chi connectivity index (χ0v) is 16.4. The van der Waals surface area contributed by atoms with Crippen LogP contribution >= 0.6 is 0 Å². The van der Waals surface area contributed by atoms with E-state index in [-0.39, 0.29) is 11.8 Å². The van der Waals surface area contributed by atoms with Gasteiger partial charge in [0.25, 0.3) is 11.8 Å². The van der Waals surface area contributed by atoms with Crippen LogP contribution in [0.4, 0.5) is 5.69 Å². The molecule has 3 aromatic carbocycles. The maximum Gasteiger partial charge on any atom is 0.262 e. The summed E-state index contributed by atoms with van der Waals surface area (Å²) in [5.41, 5.74) is 1.34. The van der Waals surface area contributed by atoms with Gasteiger partial charge >= 0.3 is 0 Å². The third kappa shape index (κ3) is 3.51. The molecule has 0 bridgehead atoms. The second-order valence-electron chi connectivity index (χ2n) is 7.72. The van der Waals surface area contributed by atoms with Crippen molar-refractivity contribution in [2.75, 3.05) is 5.32 Å². The predicted octanol–water partition coefficient (Wildman–Crippen LogP) is 4.49. The Morgan fingerprint density at radius 1 is 0.862 bits per heavy atom. The van der Waals surface area contributed by atoms with Gasteiger partial charge in [-0.1, -0.05) is 56.3 Å². The number of hydrogen-bond acceptors (Lipinski definition) is 3. The molecule has 1 N–H and O–H groups in total. The molecule has 5 nitrogen and oxygen atoms in total. The number of benzene rings is 3. The number of carbonyl (C=O) groups is 3. The Morgan fingerprint density at radius 3 is 2.07 bits per heavy atom. The zero-order valence-electron chi connectivity index (χ0n) is 16.4. The molecule has 1 aliphatic rings. The minimum atomic E-state index is -0.867. The molecule has 0 aliphatic carbocycles. The summed E-state index contributed by atoms with van der Waals surface area (Å²) < 4.78 is 0. The first kappa shape index (κ1) is 18.9. The Balaban J connectivity index is 1.63. The molecule has 146 valence electrons. The lowest BCUT2D eigenvalue weighted by atomic mass is 10.0. The summed E-state index contributed by atoms with van der Waals surface area (Å²) in [4.78, 5) is 40.0. The number of nitrogens with one attached hydrogen (secondary N) is 1. The largest absolute Gasteiger partial charge is 0.324 e. The molecule has 3 amide bonds. The number of hydrogen-bond donors (Lipinski definition) is 1. The first-order valence-electron chi connectivity index (χ1n) is 9.72. The summed E-state index contributed by atoms with van der Waals surface area (Å²) in [6.45, 7) is 3.93. The van der Waals surface area contributed by atoms with Crippen LogP contribution in [0.2, 0.25) is 0 Å². The van der Waals surface area contributed by atoms with E-state index in [9.17, 15) is 14.4 Å². The van der Waals surface area contributed by atoms with Crippen LogP contribution in [0.15, 0.2) is 66.7 Å². The van der Waals surface area contributed by atoms with Crippen molar-refractivity contribution in [3.8, 4) is 0 Å². The van der Waals surface area contributed by atoms with Crippen molar-refractivity contribution in [1.82, 2.24) is 4.90 Å². The normalized spacial score (nSPS) is 14.4. The lowest BCUT2D eigenvalue weighted by Gasteiger charge is -2.26. The van der Waals surface area contributed by atoms with Crippen LogP contribution in [0.3, 0.4) is 0 Å². The minimum absolute atomic E-state index is 0.131. The predicted molar refractivity (Wildman–Crippen MR) is 113 cm³/mol. The van der Waals surface area contributed by atoms with Crippen molar-refractivity contribution in [2.24, 2.45) is 5.92 Å². The smallest absolute Gasteiger partial charge is 0.262 e. The topological polar surface area (TPSA) is 66.5 Å². The number of amides is 3. The van der Waals surface area contributed by atoms with E-state index in [2.05, 4.69) is 5.32 Å². The van der Waals surface area contributed by atoms with Gasteiger partial charge in [-0.05, 0) is 47.4 Å². The fourth-order valence-corrected chi connectivity index (χ4v) is 3.76. The van der Waals surface area contributed by atoms with E-state index in [0.29, 0.717) is 23.2 Å². The van der Waals surface area contributed by atoms with Crippen LogP contribution < -0.4 is 5.32 Å². The number of nitrogens with zero attached hydrogens (tertiary/aromatic N) is 1. The van der Waals surface area contributed by atoms with Gasteiger partial charge in [-0.3, -0.25) is 19.3 Å². The van der Waals surface area contributed by atoms with Crippen molar-refractivity contribution in [3.05, 3.63) is 77.9 Å². The highest BCUT2D eigenvalue weighted by Crippen LogP contribution is 2.28. The monoisotopic (exact) mass is 386 g/mol. The highest BCUT2D eigenvalue weighted by molar-refractivity contribution is 6.23. The Labute approximate surface area is 169 Å². The highest BCUT2D eigenvalue weighted by atomic mass is 16.2. The van der Waals surface area contributed by atoms with Gasteiger partial charge in [-0.2, -0.15) is 0 Å². The van der Waals surface area contributed by atoms with E-state index in [1.807, 2.05) is 56.3 Å². The lowest BCUT2D eigenvalue weighted by molar-refractivity contribution is -0.120. The van der Waals surface area contributed by atoms with Crippen molar-refractivity contribution >= 4 is 34.2 Å². The van der Waals surface area contributed by atoms with Gasteiger partial charge in [0.05, 0.1) is 11.1 Å². The molecule has 3 aromatic rings. The number of rotatable bonds is 5. The first-order chi connectivity index (χ1) is 14.0. The van der Waals surface area contributed by atoms with Crippen LogP contribution in [0.5, 0.6) is 0 Å². The Kier molecular flexibility index (Phi) is 4.89. The molecule has 5 heteroatoms. The summed E-state index contributed by atoms with van der Waals surface area (Å²) in [7, 11) is 0. The molecular formula is C24H22N2O3. The van der Waals surface area contributed by atoms with Gasteiger partial charge in [0.15, 0.2) is 0 Å². The maximum atomic E-state index is 13.2. The number of fused-ring (bicyclic) bond motifs is 2. The average molecular weight is 386 g/mol. The highest BCUT2D eigenvalue weighted by Gasteiger charge is 2.42. The summed E-state index contributed by atoms with van der Waals surface area (Å²) in [5, 5.41) is 4.98. The molecule has 0 radical (unpaired) electrons. The van der Waals surface area contributed by atoms with Crippen LogP contribution in [-0.2, 0) is 4.79 Å². The second kappa shape index (κ2) is 7.51. The molecule has 29 heavy (non-hydrogen) atoms. The molecule has 4 rings (SSSR count). The molecule has 0 fully saturated rings. The molecule has 0 unspecified atom stereocenters. The van der Waals surface area contributed by atoms with Gasteiger partial charge in [0.2, 0.25) is 5.91 Å². The van der Waals surface area contributed by atoms with Crippen molar-refractivity contribution in [3.63, 3.8) is 0 Å². The molecule has 1 heterocycles. The molecule has 0 aromatic heterocycles. The molecule has 0 saturated heterocycles. The Bertz CT molecular complexity index is 1080. The maximum absolute atomic E-state index is 13.2. The van der Waals surface area contributed by atoms with Crippen LogP contribution in [0.1, 0.15) is 41.0 Å². The summed E-state index contributed by atoms with van der Waals surface area (Å²) in [5.74, 6) is -1.05. The molecule has 1 aliphatic heterocycles. The van der Waals surface area contributed by atoms with Crippen LogP contribution in [-0.4, -0.2) is 28.7 Å². The number of anilines is 1. The third-order valence-electron chi connectivity index (χ3n) is 5.15. The van der Waals surface area contributed by atoms with Gasteiger partial charge in [0.1, 0.15) is 6.04 Å². The first-order valence-corrected chi connectivity index (χ1v) is 9.72. The minimum Gasteiger partial charge on any atom is -0.324 e. The summed E-state index contributed by atoms with van der Waals surface area (Å²) >= 11 is 0. The van der Waals surface area contributed by atoms with Crippen LogP contribution in [0, 0.1) is 5.92 Å². The quantitative estimate of drug-likeness (QED) is 0.657. The average Bonchev–Trinajstić information content (AvgIpc) is 2.96. The van der Waals surface area contributed by atoms with Gasteiger partial charge in [-0.15, -0.1) is 0 Å². The van der Waals surface area contributed by atoms with E-state index < -0.39 is 17.9 Å². The van der Waals surface area contributed by atoms with Gasteiger partial charge in [-0.25, -0.2) is 0 Å². The lowest BCUT2D eigenvalue weighted by Crippen LogP contribution is -2.47.